The Morgan fingerprint density at radius 1 is 0.688 bits per heavy atom. The van der Waals surface area contributed by atoms with Crippen LogP contribution < -0.4 is 0 Å². The van der Waals surface area contributed by atoms with Gasteiger partial charge in [0.25, 0.3) is 0 Å². The third-order valence-electron chi connectivity index (χ3n) is 1.94. The van der Waals surface area contributed by atoms with Crippen LogP contribution in [0.2, 0.25) is 0 Å². The molecular weight excluding hydrogens is 232 g/mol. The van der Waals surface area contributed by atoms with Gasteiger partial charge in [0, 0.05) is 9.75 Å². The summed E-state index contributed by atoms with van der Waals surface area (Å²) in [5.74, 6) is 0. The summed E-state index contributed by atoms with van der Waals surface area (Å²) < 4.78 is 0. The van der Waals surface area contributed by atoms with Crippen LogP contribution in [0.25, 0.3) is 12.2 Å². The molecule has 0 amide bonds. The normalized spacial score (nSPS) is 12.2. The number of hydrogen-bond acceptors (Lipinski definition) is 2. The first-order chi connectivity index (χ1) is 7.95. The molecule has 0 saturated heterocycles. The van der Waals surface area contributed by atoms with Gasteiger partial charge in [-0.25, -0.2) is 0 Å². The fourth-order valence-corrected chi connectivity index (χ4v) is 2.46. The average molecular weight is 244 g/mol. The molecule has 0 saturated carbocycles. The van der Waals surface area contributed by atoms with E-state index in [1.807, 2.05) is 12.2 Å². The molecule has 0 bridgehead atoms. The lowest BCUT2D eigenvalue weighted by Gasteiger charge is -1.80. The van der Waals surface area contributed by atoms with E-state index in [0.717, 1.165) is 0 Å². The van der Waals surface area contributed by atoms with Crippen LogP contribution in [0.3, 0.4) is 0 Å². The molecule has 0 N–H and O–H groups in total. The van der Waals surface area contributed by atoms with Gasteiger partial charge in [-0.2, -0.15) is 0 Å². The molecule has 0 spiro atoms. The first kappa shape index (κ1) is 11.1. The topological polar surface area (TPSA) is 0 Å². The van der Waals surface area contributed by atoms with E-state index in [2.05, 4.69) is 59.3 Å². The van der Waals surface area contributed by atoms with Gasteiger partial charge < -0.3 is 0 Å². The largest absolute Gasteiger partial charge is 0.144 e. The summed E-state index contributed by atoms with van der Waals surface area (Å²) in [6.45, 7) is 0. The molecule has 2 heterocycles. The van der Waals surface area contributed by atoms with E-state index >= 15 is 0 Å². The second kappa shape index (κ2) is 6.26. The molecule has 0 unspecified atom stereocenters. The molecule has 2 rings (SSSR count). The molecule has 0 aromatic carbocycles. The lowest BCUT2D eigenvalue weighted by Crippen LogP contribution is -1.56. The highest BCUT2D eigenvalue weighted by molar-refractivity contribution is 7.11. The molecule has 0 radical (unpaired) electrons. The van der Waals surface area contributed by atoms with Gasteiger partial charge in [0.2, 0.25) is 0 Å². The number of thiophene rings is 2. The summed E-state index contributed by atoms with van der Waals surface area (Å²) in [6, 6.07) is 8.34. The maximum atomic E-state index is 2.11. The van der Waals surface area contributed by atoms with E-state index in [1.54, 1.807) is 22.7 Å². The van der Waals surface area contributed by atoms with E-state index in [1.165, 1.54) is 9.75 Å². The predicted octanol–water partition coefficient (Wildman–Crippen LogP) is 5.09. The van der Waals surface area contributed by atoms with Crippen LogP contribution in [0.4, 0.5) is 0 Å². The van der Waals surface area contributed by atoms with Gasteiger partial charge in [-0.3, -0.25) is 0 Å². The second-order valence-electron chi connectivity index (χ2n) is 3.13. The minimum atomic E-state index is 1.28. The zero-order chi connectivity index (χ0) is 11.1. The summed E-state index contributed by atoms with van der Waals surface area (Å²) in [5.41, 5.74) is 0. The molecule has 2 aromatic heterocycles. The summed E-state index contributed by atoms with van der Waals surface area (Å²) in [5, 5.41) is 4.17. The van der Waals surface area contributed by atoms with Crippen LogP contribution >= 0.6 is 22.7 Å². The number of hydrogen-bond donors (Lipinski definition) is 0. The number of rotatable bonds is 4. The Kier molecular flexibility index (Phi) is 4.35. The van der Waals surface area contributed by atoms with Crippen molar-refractivity contribution in [2.24, 2.45) is 0 Å². The zero-order valence-electron chi connectivity index (χ0n) is 8.74. The highest BCUT2D eigenvalue weighted by Gasteiger charge is 1.83. The maximum Gasteiger partial charge on any atom is 0.0270 e. The predicted molar refractivity (Wildman–Crippen MR) is 75.8 cm³/mol. The standard InChI is InChI=1S/C14H12S2/c1(3-7-13-9-5-11-15-13)2-4-8-14-10-6-12-16-14/h1-12H/b2-1+,7-3+,8-4+. The lowest BCUT2D eigenvalue weighted by molar-refractivity contribution is 1.90. The fraction of sp³-hybridized carbons (Fsp3) is 0. The van der Waals surface area contributed by atoms with Gasteiger partial charge in [-0.1, -0.05) is 36.4 Å². The van der Waals surface area contributed by atoms with Gasteiger partial charge in [0.1, 0.15) is 0 Å². The molecule has 2 aromatic rings. The minimum absolute atomic E-state index is 1.28. The highest BCUT2D eigenvalue weighted by atomic mass is 32.1. The highest BCUT2D eigenvalue weighted by Crippen LogP contribution is 2.11. The third-order valence-corrected chi connectivity index (χ3v) is 3.62. The number of allylic oxidation sites excluding steroid dienone is 4. The molecular formula is C14H12S2. The SMILES string of the molecule is C(=C\C=C\c1cccs1)/C=C/c1cccs1. The average Bonchev–Trinajstić information content (AvgIpc) is 2.96. The van der Waals surface area contributed by atoms with Crippen molar-refractivity contribution in [1.29, 1.82) is 0 Å². The van der Waals surface area contributed by atoms with Crippen molar-refractivity contribution in [3.8, 4) is 0 Å². The molecule has 0 atom stereocenters. The quantitative estimate of drug-likeness (QED) is 0.657. The Morgan fingerprint density at radius 2 is 1.19 bits per heavy atom. The van der Waals surface area contributed by atoms with E-state index in [4.69, 9.17) is 0 Å². The molecule has 80 valence electrons. The lowest BCUT2D eigenvalue weighted by atomic mass is 10.3. The molecule has 0 fully saturated rings. The summed E-state index contributed by atoms with van der Waals surface area (Å²) >= 11 is 3.50. The van der Waals surface area contributed by atoms with Crippen LogP contribution in [0.1, 0.15) is 9.75 Å². The van der Waals surface area contributed by atoms with Crippen molar-refractivity contribution in [2.45, 2.75) is 0 Å². The van der Waals surface area contributed by atoms with Crippen molar-refractivity contribution in [1.82, 2.24) is 0 Å². The molecule has 0 nitrogen and oxygen atoms in total. The Bertz CT molecular complexity index is 425. The van der Waals surface area contributed by atoms with Gasteiger partial charge in [0.05, 0.1) is 0 Å². The van der Waals surface area contributed by atoms with Gasteiger partial charge in [0.15, 0.2) is 0 Å². The second-order valence-corrected chi connectivity index (χ2v) is 5.09. The monoisotopic (exact) mass is 244 g/mol. The Labute approximate surface area is 104 Å². The van der Waals surface area contributed by atoms with Crippen molar-refractivity contribution < 1.29 is 0 Å². The molecule has 0 aliphatic carbocycles. The van der Waals surface area contributed by atoms with Crippen molar-refractivity contribution in [3.63, 3.8) is 0 Å². The Hall–Kier alpha value is -1.38. The van der Waals surface area contributed by atoms with Crippen LogP contribution in [0.15, 0.2) is 59.3 Å². The molecule has 0 aliphatic heterocycles. The van der Waals surface area contributed by atoms with E-state index in [-0.39, 0.29) is 0 Å². The fourth-order valence-electron chi connectivity index (χ4n) is 1.20. The van der Waals surface area contributed by atoms with E-state index in [0.29, 0.717) is 0 Å². The minimum Gasteiger partial charge on any atom is -0.144 e. The first-order valence-electron chi connectivity index (χ1n) is 5.03. The van der Waals surface area contributed by atoms with Gasteiger partial charge in [-0.15, -0.1) is 22.7 Å². The van der Waals surface area contributed by atoms with Crippen LogP contribution in [0, 0.1) is 0 Å². The molecule has 2 heteroatoms. The smallest absolute Gasteiger partial charge is 0.0270 e. The van der Waals surface area contributed by atoms with Gasteiger partial charge >= 0.3 is 0 Å². The molecule has 0 aliphatic rings. The molecule has 16 heavy (non-hydrogen) atoms. The Morgan fingerprint density at radius 3 is 1.56 bits per heavy atom. The van der Waals surface area contributed by atoms with Crippen LogP contribution in [0.5, 0.6) is 0 Å². The zero-order valence-corrected chi connectivity index (χ0v) is 10.4. The van der Waals surface area contributed by atoms with Crippen molar-refractivity contribution >= 4 is 34.8 Å². The van der Waals surface area contributed by atoms with Crippen molar-refractivity contribution in [3.05, 3.63) is 69.1 Å². The van der Waals surface area contributed by atoms with Crippen LogP contribution in [-0.4, -0.2) is 0 Å². The third kappa shape index (κ3) is 3.65. The van der Waals surface area contributed by atoms with Gasteiger partial charge in [-0.05, 0) is 35.0 Å². The van der Waals surface area contributed by atoms with Crippen molar-refractivity contribution in [2.75, 3.05) is 0 Å². The Balaban J connectivity index is 1.82. The summed E-state index contributed by atoms with van der Waals surface area (Å²) in [6.07, 6.45) is 12.4. The summed E-state index contributed by atoms with van der Waals surface area (Å²) in [7, 11) is 0. The van der Waals surface area contributed by atoms with E-state index < -0.39 is 0 Å². The van der Waals surface area contributed by atoms with Crippen LogP contribution in [-0.2, 0) is 0 Å². The summed E-state index contributed by atoms with van der Waals surface area (Å²) in [4.78, 5) is 2.57. The van der Waals surface area contributed by atoms with E-state index in [9.17, 15) is 0 Å². The maximum absolute atomic E-state index is 2.11. The first-order valence-corrected chi connectivity index (χ1v) is 6.79.